The van der Waals surface area contributed by atoms with Crippen molar-refractivity contribution in [2.24, 2.45) is 5.73 Å². The Balaban J connectivity index is 2.16. The van der Waals surface area contributed by atoms with Crippen LogP contribution < -0.4 is 15.2 Å². The van der Waals surface area contributed by atoms with Crippen LogP contribution in [-0.2, 0) is 13.0 Å². The van der Waals surface area contributed by atoms with Crippen LogP contribution in [0, 0.1) is 5.82 Å². The van der Waals surface area contributed by atoms with E-state index in [4.69, 9.17) is 26.8 Å². The molecule has 0 amide bonds. The number of methoxy groups -OCH3 is 1. The van der Waals surface area contributed by atoms with Crippen molar-refractivity contribution in [3.8, 4) is 11.5 Å². The predicted molar refractivity (Wildman–Crippen MR) is 81.5 cm³/mol. The van der Waals surface area contributed by atoms with Crippen LogP contribution in [0.3, 0.4) is 0 Å². The highest BCUT2D eigenvalue weighted by Gasteiger charge is 2.10. The molecule has 0 atom stereocenters. The average molecular weight is 310 g/mol. The van der Waals surface area contributed by atoms with Crippen molar-refractivity contribution in [1.82, 2.24) is 0 Å². The van der Waals surface area contributed by atoms with E-state index in [1.807, 2.05) is 12.1 Å². The molecule has 0 saturated heterocycles. The normalized spacial score (nSPS) is 10.5. The summed E-state index contributed by atoms with van der Waals surface area (Å²) in [7, 11) is 1.49. The molecule has 2 aromatic carbocycles. The number of hydrogen-bond acceptors (Lipinski definition) is 3. The van der Waals surface area contributed by atoms with Gasteiger partial charge in [-0.1, -0.05) is 23.7 Å². The molecule has 112 valence electrons. The minimum atomic E-state index is -0.373. The predicted octanol–water partition coefficient (Wildman–Crippen LogP) is 3.57. The lowest BCUT2D eigenvalue weighted by atomic mass is 10.1. The van der Waals surface area contributed by atoms with E-state index in [-0.39, 0.29) is 12.4 Å². The van der Waals surface area contributed by atoms with E-state index in [0.717, 1.165) is 5.56 Å². The fourth-order valence-electron chi connectivity index (χ4n) is 1.99. The molecule has 0 aliphatic carbocycles. The Hall–Kier alpha value is -1.78. The second-order valence-corrected chi connectivity index (χ2v) is 4.92. The van der Waals surface area contributed by atoms with E-state index in [1.54, 1.807) is 18.2 Å². The molecule has 0 unspecified atom stereocenters. The largest absolute Gasteiger partial charge is 0.497 e. The third-order valence-corrected chi connectivity index (χ3v) is 3.39. The minimum absolute atomic E-state index is 0.0944. The molecule has 0 spiro atoms. The van der Waals surface area contributed by atoms with Crippen molar-refractivity contribution in [3.63, 3.8) is 0 Å². The highest BCUT2D eigenvalue weighted by molar-refractivity contribution is 6.32. The van der Waals surface area contributed by atoms with Gasteiger partial charge in [0.1, 0.15) is 23.9 Å². The lowest BCUT2D eigenvalue weighted by Gasteiger charge is -2.13. The molecule has 2 rings (SSSR count). The summed E-state index contributed by atoms with van der Waals surface area (Å²) in [6.45, 7) is 0.588. The van der Waals surface area contributed by atoms with Crippen molar-refractivity contribution in [2.75, 3.05) is 13.7 Å². The molecule has 0 saturated carbocycles. The lowest BCUT2D eigenvalue weighted by molar-refractivity contribution is 0.296. The quantitative estimate of drug-likeness (QED) is 0.887. The van der Waals surface area contributed by atoms with Crippen LogP contribution >= 0.6 is 11.6 Å². The van der Waals surface area contributed by atoms with E-state index in [0.29, 0.717) is 35.1 Å². The van der Waals surface area contributed by atoms with E-state index in [9.17, 15) is 4.39 Å². The highest BCUT2D eigenvalue weighted by atomic mass is 35.5. The Labute approximate surface area is 128 Å². The Morgan fingerprint density at radius 1 is 1.19 bits per heavy atom. The molecule has 0 aliphatic rings. The SMILES string of the molecule is COc1ccc(COc2c(Cl)cccc2CCN)c(F)c1. The molecule has 0 aromatic heterocycles. The number of nitrogens with two attached hydrogens (primary N) is 1. The van der Waals surface area contributed by atoms with Gasteiger partial charge in [0.15, 0.2) is 0 Å². The van der Waals surface area contributed by atoms with Crippen LogP contribution in [-0.4, -0.2) is 13.7 Å². The Morgan fingerprint density at radius 3 is 2.67 bits per heavy atom. The van der Waals surface area contributed by atoms with Gasteiger partial charge in [-0.2, -0.15) is 0 Å². The first-order valence-corrected chi connectivity index (χ1v) is 6.96. The summed E-state index contributed by atoms with van der Waals surface area (Å²) in [5.41, 5.74) is 6.93. The summed E-state index contributed by atoms with van der Waals surface area (Å²) in [4.78, 5) is 0. The molecule has 0 aliphatic heterocycles. The van der Waals surface area contributed by atoms with Crippen molar-refractivity contribution < 1.29 is 13.9 Å². The van der Waals surface area contributed by atoms with Gasteiger partial charge in [-0.3, -0.25) is 0 Å². The van der Waals surface area contributed by atoms with E-state index >= 15 is 0 Å². The second kappa shape index (κ2) is 7.29. The molecule has 21 heavy (non-hydrogen) atoms. The van der Waals surface area contributed by atoms with E-state index in [2.05, 4.69) is 0 Å². The standard InChI is InChI=1S/C16H17ClFNO2/c1-20-13-6-5-12(15(18)9-13)10-21-16-11(7-8-19)3-2-4-14(16)17/h2-6,9H,7-8,10,19H2,1H3. The van der Waals surface area contributed by atoms with Crippen LogP contribution in [0.5, 0.6) is 11.5 Å². The van der Waals surface area contributed by atoms with Gasteiger partial charge in [-0.05, 0) is 36.7 Å². The summed E-state index contributed by atoms with van der Waals surface area (Å²) in [5.74, 6) is 0.652. The maximum Gasteiger partial charge on any atom is 0.141 e. The molecule has 0 bridgehead atoms. The number of benzene rings is 2. The van der Waals surface area contributed by atoms with E-state index < -0.39 is 0 Å². The van der Waals surface area contributed by atoms with Crippen LogP contribution in [0.15, 0.2) is 36.4 Å². The lowest BCUT2D eigenvalue weighted by Crippen LogP contribution is -2.06. The van der Waals surface area contributed by atoms with Crippen LogP contribution in [0.2, 0.25) is 5.02 Å². The molecule has 5 heteroatoms. The summed E-state index contributed by atoms with van der Waals surface area (Å²) < 4.78 is 24.5. The Kier molecular flexibility index (Phi) is 5.42. The molecular weight excluding hydrogens is 293 g/mol. The smallest absolute Gasteiger partial charge is 0.141 e. The first-order chi connectivity index (χ1) is 10.2. The minimum Gasteiger partial charge on any atom is -0.497 e. The van der Waals surface area contributed by atoms with Crippen LogP contribution in [0.25, 0.3) is 0 Å². The monoisotopic (exact) mass is 309 g/mol. The first kappa shape index (κ1) is 15.6. The number of rotatable bonds is 6. The number of ether oxygens (including phenoxy) is 2. The molecule has 3 nitrogen and oxygen atoms in total. The fraction of sp³-hybridized carbons (Fsp3) is 0.250. The highest BCUT2D eigenvalue weighted by Crippen LogP contribution is 2.30. The van der Waals surface area contributed by atoms with Gasteiger partial charge in [0.25, 0.3) is 0 Å². The second-order valence-electron chi connectivity index (χ2n) is 4.51. The van der Waals surface area contributed by atoms with Crippen LogP contribution in [0.1, 0.15) is 11.1 Å². The maximum atomic E-state index is 13.9. The van der Waals surface area contributed by atoms with Crippen molar-refractivity contribution in [2.45, 2.75) is 13.0 Å². The summed E-state index contributed by atoms with van der Waals surface area (Å²) in [6.07, 6.45) is 0.654. The number of para-hydroxylation sites is 1. The van der Waals surface area contributed by atoms with E-state index in [1.165, 1.54) is 13.2 Å². The topological polar surface area (TPSA) is 44.5 Å². The fourth-order valence-corrected chi connectivity index (χ4v) is 2.24. The third kappa shape index (κ3) is 3.86. The number of halogens is 2. The van der Waals surface area contributed by atoms with Gasteiger partial charge in [0.05, 0.1) is 12.1 Å². The van der Waals surface area contributed by atoms with Gasteiger partial charge in [0.2, 0.25) is 0 Å². The molecule has 0 radical (unpaired) electrons. The molecule has 2 aromatic rings. The maximum absolute atomic E-state index is 13.9. The van der Waals surface area contributed by atoms with Gasteiger partial charge < -0.3 is 15.2 Å². The van der Waals surface area contributed by atoms with Gasteiger partial charge >= 0.3 is 0 Å². The van der Waals surface area contributed by atoms with Crippen molar-refractivity contribution in [1.29, 1.82) is 0 Å². The zero-order valence-electron chi connectivity index (χ0n) is 11.7. The summed E-state index contributed by atoms with van der Waals surface area (Å²) in [6, 6.07) is 10.1. The third-order valence-electron chi connectivity index (χ3n) is 3.09. The van der Waals surface area contributed by atoms with Gasteiger partial charge in [-0.25, -0.2) is 4.39 Å². The molecule has 0 fully saturated rings. The van der Waals surface area contributed by atoms with Crippen molar-refractivity contribution >= 4 is 11.6 Å². The van der Waals surface area contributed by atoms with Crippen LogP contribution in [0.4, 0.5) is 4.39 Å². The van der Waals surface area contributed by atoms with Crippen molar-refractivity contribution in [3.05, 3.63) is 58.4 Å². The first-order valence-electron chi connectivity index (χ1n) is 6.58. The zero-order chi connectivity index (χ0) is 15.2. The Morgan fingerprint density at radius 2 is 2.00 bits per heavy atom. The summed E-state index contributed by atoms with van der Waals surface area (Å²) in [5, 5.41) is 0.495. The van der Waals surface area contributed by atoms with Gasteiger partial charge in [0, 0.05) is 11.6 Å². The van der Waals surface area contributed by atoms with Gasteiger partial charge in [-0.15, -0.1) is 0 Å². The zero-order valence-corrected chi connectivity index (χ0v) is 12.5. The molecule has 0 heterocycles. The Bertz CT molecular complexity index is 619. The molecule has 2 N–H and O–H groups in total. The number of hydrogen-bond donors (Lipinski definition) is 1. The molecular formula is C16H17ClFNO2. The summed E-state index contributed by atoms with van der Waals surface area (Å²) >= 11 is 6.14. The average Bonchev–Trinajstić information content (AvgIpc) is 2.48.